The first-order valence-corrected chi connectivity index (χ1v) is 11.1. The molecular formula is C24H18F6N4O4S. The Hall–Kier alpha value is -4.40. The number of halogens is 6. The van der Waals surface area contributed by atoms with E-state index >= 15 is 0 Å². The number of nitro groups is 1. The van der Waals surface area contributed by atoms with Gasteiger partial charge in [-0.05, 0) is 60.2 Å². The molecule has 3 rings (SSSR count). The van der Waals surface area contributed by atoms with Crippen molar-refractivity contribution in [3.63, 3.8) is 0 Å². The third-order valence-electron chi connectivity index (χ3n) is 5.21. The van der Waals surface area contributed by atoms with Crippen molar-refractivity contribution in [1.82, 2.24) is 5.32 Å². The van der Waals surface area contributed by atoms with Gasteiger partial charge in [-0.25, -0.2) is 0 Å². The lowest BCUT2D eigenvalue weighted by molar-refractivity contribution is -0.384. The summed E-state index contributed by atoms with van der Waals surface area (Å²) in [5.74, 6) is -0.821. The molecule has 0 aliphatic carbocycles. The number of benzene rings is 3. The summed E-state index contributed by atoms with van der Waals surface area (Å²) in [6.07, 6.45) is -9.35. The number of thiocarbonyl (C=S) groups is 1. The number of ether oxygens (including phenoxy) is 1. The van der Waals surface area contributed by atoms with Crippen molar-refractivity contribution in [2.45, 2.75) is 18.4 Å². The van der Waals surface area contributed by atoms with E-state index in [0.717, 1.165) is 42.5 Å². The largest absolute Gasteiger partial charge is 0.495 e. The van der Waals surface area contributed by atoms with Gasteiger partial charge >= 0.3 is 12.4 Å². The van der Waals surface area contributed by atoms with Crippen LogP contribution in [0.3, 0.4) is 0 Å². The van der Waals surface area contributed by atoms with Gasteiger partial charge in [-0.2, -0.15) is 26.3 Å². The molecule has 0 aliphatic heterocycles. The zero-order valence-corrected chi connectivity index (χ0v) is 20.5. The highest BCUT2D eigenvalue weighted by atomic mass is 32.1. The van der Waals surface area contributed by atoms with E-state index in [1.54, 1.807) is 0 Å². The van der Waals surface area contributed by atoms with Gasteiger partial charge in [0.2, 0.25) is 0 Å². The van der Waals surface area contributed by atoms with E-state index in [1.165, 1.54) is 25.3 Å². The summed E-state index contributed by atoms with van der Waals surface area (Å²) in [7, 11) is 1.28. The van der Waals surface area contributed by atoms with Crippen LogP contribution in [0.5, 0.6) is 5.75 Å². The fourth-order valence-electron chi connectivity index (χ4n) is 3.35. The molecule has 1 atom stereocenters. The van der Waals surface area contributed by atoms with Crippen LogP contribution in [-0.2, 0) is 17.1 Å². The van der Waals surface area contributed by atoms with E-state index in [9.17, 15) is 41.3 Å². The topological polar surface area (TPSA) is 106 Å². The Labute approximate surface area is 222 Å². The minimum Gasteiger partial charge on any atom is -0.495 e. The molecule has 0 spiro atoms. The second-order valence-electron chi connectivity index (χ2n) is 7.86. The molecule has 0 aliphatic rings. The molecule has 3 N–H and O–H groups in total. The first-order chi connectivity index (χ1) is 18.2. The average molecular weight is 572 g/mol. The lowest BCUT2D eigenvalue weighted by Gasteiger charge is -2.22. The first kappa shape index (κ1) is 29.2. The van der Waals surface area contributed by atoms with Crippen molar-refractivity contribution in [3.8, 4) is 5.75 Å². The predicted octanol–water partition coefficient (Wildman–Crippen LogP) is 6.31. The van der Waals surface area contributed by atoms with Crippen LogP contribution in [0.2, 0.25) is 0 Å². The summed E-state index contributed by atoms with van der Waals surface area (Å²) in [5, 5.41) is 18.3. The van der Waals surface area contributed by atoms with Crippen molar-refractivity contribution in [2.75, 3.05) is 17.7 Å². The molecule has 1 unspecified atom stereocenters. The van der Waals surface area contributed by atoms with E-state index in [1.807, 2.05) is 0 Å². The van der Waals surface area contributed by atoms with Crippen molar-refractivity contribution in [1.29, 1.82) is 0 Å². The van der Waals surface area contributed by atoms with Gasteiger partial charge in [0.25, 0.3) is 11.6 Å². The minimum absolute atomic E-state index is 0.0233. The Morgan fingerprint density at radius 3 is 2.13 bits per heavy atom. The Bertz CT molecular complexity index is 1380. The van der Waals surface area contributed by atoms with Gasteiger partial charge in [0.05, 0.1) is 28.8 Å². The molecule has 15 heteroatoms. The molecule has 0 saturated carbocycles. The number of rotatable bonds is 7. The summed E-state index contributed by atoms with van der Waals surface area (Å²) >= 11 is 5.20. The van der Waals surface area contributed by atoms with Crippen LogP contribution in [0.25, 0.3) is 0 Å². The highest BCUT2D eigenvalue weighted by molar-refractivity contribution is 7.80. The number of carbonyl (C=O) groups excluding carboxylic acids is 1. The highest BCUT2D eigenvalue weighted by Gasteiger charge is 2.33. The van der Waals surface area contributed by atoms with E-state index < -0.39 is 40.4 Å². The number of methoxy groups -OCH3 is 1. The second kappa shape index (κ2) is 11.6. The number of anilines is 2. The Balaban J connectivity index is 1.92. The minimum atomic E-state index is -4.74. The molecule has 39 heavy (non-hydrogen) atoms. The smallest absolute Gasteiger partial charge is 0.416 e. The van der Waals surface area contributed by atoms with Gasteiger partial charge in [0.1, 0.15) is 11.8 Å². The normalized spacial score (nSPS) is 12.3. The van der Waals surface area contributed by atoms with Gasteiger partial charge in [-0.15, -0.1) is 0 Å². The lowest BCUT2D eigenvalue weighted by Crippen LogP contribution is -2.39. The molecule has 1 amide bonds. The number of amides is 1. The predicted molar refractivity (Wildman–Crippen MR) is 133 cm³/mol. The van der Waals surface area contributed by atoms with Crippen molar-refractivity contribution in [2.24, 2.45) is 0 Å². The second-order valence-corrected chi connectivity index (χ2v) is 8.27. The number of alkyl halides is 6. The quantitative estimate of drug-likeness (QED) is 0.132. The fourth-order valence-corrected chi connectivity index (χ4v) is 3.58. The number of carbonyl (C=O) groups is 1. The molecule has 206 valence electrons. The molecule has 0 saturated heterocycles. The summed E-state index contributed by atoms with van der Waals surface area (Å²) in [4.78, 5) is 23.6. The van der Waals surface area contributed by atoms with Crippen LogP contribution in [0.15, 0.2) is 66.7 Å². The molecule has 3 aromatic rings. The molecule has 3 aromatic carbocycles. The van der Waals surface area contributed by atoms with Gasteiger partial charge in [0.15, 0.2) is 5.11 Å². The summed E-state index contributed by atoms with van der Waals surface area (Å²) in [6, 6.07) is 9.17. The molecule has 0 aromatic heterocycles. The fraction of sp³-hybridized carbons (Fsp3) is 0.167. The molecule has 0 heterocycles. The van der Waals surface area contributed by atoms with E-state index in [2.05, 4.69) is 16.0 Å². The zero-order valence-electron chi connectivity index (χ0n) is 19.7. The Kier molecular flexibility index (Phi) is 8.64. The molecular weight excluding hydrogens is 554 g/mol. The molecule has 0 radical (unpaired) electrons. The number of hydrogen-bond donors (Lipinski definition) is 3. The van der Waals surface area contributed by atoms with Crippen molar-refractivity contribution < 1.29 is 40.8 Å². The monoisotopic (exact) mass is 572 g/mol. The van der Waals surface area contributed by atoms with Gasteiger partial charge < -0.3 is 20.7 Å². The van der Waals surface area contributed by atoms with Crippen LogP contribution in [0.1, 0.15) is 22.7 Å². The molecule has 0 bridgehead atoms. The van der Waals surface area contributed by atoms with Gasteiger partial charge in [0, 0.05) is 17.8 Å². The number of non-ortho nitro benzene ring substituents is 1. The number of nitrogens with one attached hydrogen (secondary N) is 3. The van der Waals surface area contributed by atoms with Crippen molar-refractivity contribution >= 4 is 40.3 Å². The Morgan fingerprint density at radius 1 is 0.923 bits per heavy atom. The molecule has 0 fully saturated rings. The maximum atomic E-state index is 13.3. The number of hydrogen-bond acceptors (Lipinski definition) is 5. The van der Waals surface area contributed by atoms with Crippen LogP contribution in [0, 0.1) is 10.1 Å². The Morgan fingerprint density at radius 2 is 1.56 bits per heavy atom. The van der Waals surface area contributed by atoms with E-state index in [4.69, 9.17) is 17.0 Å². The van der Waals surface area contributed by atoms with Crippen LogP contribution < -0.4 is 20.7 Å². The number of nitro benzene ring substituents is 1. The van der Waals surface area contributed by atoms with Crippen LogP contribution in [-0.4, -0.2) is 23.1 Å². The maximum Gasteiger partial charge on any atom is 0.416 e. The van der Waals surface area contributed by atoms with Crippen LogP contribution >= 0.6 is 12.2 Å². The summed E-state index contributed by atoms with van der Waals surface area (Å²) in [6.45, 7) is 0. The van der Waals surface area contributed by atoms with Gasteiger partial charge in [-0.1, -0.05) is 12.1 Å². The standard InChI is InChI=1S/C24H18F6N4O4S/c1-38-19-10-9-17(34(36)37)12-18(19)32-22(39)33-20(13-3-2-4-15(11-13)24(28,29)30)21(35)31-16-7-5-14(6-8-16)23(25,26)27/h2-12,20H,1H3,(H,31,35)(H2,32,33,39). The SMILES string of the molecule is COc1ccc([N+](=O)[O-])cc1NC(=S)NC(C(=O)Nc1ccc(C(F)(F)F)cc1)c1cccc(C(F)(F)F)c1. The lowest BCUT2D eigenvalue weighted by atomic mass is 10.0. The summed E-state index contributed by atoms with van der Waals surface area (Å²) < 4.78 is 83.7. The average Bonchev–Trinajstić information content (AvgIpc) is 2.86. The third kappa shape index (κ3) is 7.56. The zero-order chi connectivity index (χ0) is 29.0. The van der Waals surface area contributed by atoms with E-state index in [-0.39, 0.29) is 33.5 Å². The van der Waals surface area contributed by atoms with Crippen LogP contribution in [0.4, 0.5) is 43.4 Å². The summed E-state index contributed by atoms with van der Waals surface area (Å²) in [5.41, 5.74) is -2.57. The van der Waals surface area contributed by atoms with E-state index in [0.29, 0.717) is 6.07 Å². The first-order valence-electron chi connectivity index (χ1n) is 10.7. The maximum absolute atomic E-state index is 13.3. The molecule has 8 nitrogen and oxygen atoms in total. The third-order valence-corrected chi connectivity index (χ3v) is 5.43. The highest BCUT2D eigenvalue weighted by Crippen LogP contribution is 2.33. The van der Waals surface area contributed by atoms with Gasteiger partial charge in [-0.3, -0.25) is 14.9 Å². The number of nitrogens with zero attached hydrogens (tertiary/aromatic N) is 1. The van der Waals surface area contributed by atoms with Crippen molar-refractivity contribution in [3.05, 3.63) is 93.5 Å².